The van der Waals surface area contributed by atoms with Crippen LogP contribution in [0.5, 0.6) is 0 Å². The highest BCUT2D eigenvalue weighted by Crippen LogP contribution is 2.42. The minimum atomic E-state index is 0.905. The number of benzene rings is 8. The van der Waals surface area contributed by atoms with Crippen molar-refractivity contribution < 1.29 is 8.83 Å². The topological polar surface area (TPSA) is 42.4 Å². The van der Waals surface area contributed by atoms with Crippen molar-refractivity contribution >= 4 is 82.5 Å². The van der Waals surface area contributed by atoms with Crippen LogP contribution in [0.15, 0.2) is 191 Å². The van der Waals surface area contributed by atoms with Crippen molar-refractivity contribution in [1.82, 2.24) is 4.98 Å². The van der Waals surface area contributed by atoms with Crippen molar-refractivity contribution in [3.05, 3.63) is 182 Å². The second-order valence-electron chi connectivity index (χ2n) is 13.6. The van der Waals surface area contributed by atoms with Gasteiger partial charge in [0.05, 0.1) is 0 Å². The van der Waals surface area contributed by atoms with E-state index in [1.54, 1.807) is 0 Å². The highest BCUT2D eigenvalue weighted by Gasteiger charge is 2.18. The van der Waals surface area contributed by atoms with E-state index in [1.807, 2.05) is 48.8 Å². The molecular formula is C49H30N2O2. The molecule has 0 aliphatic heterocycles. The number of para-hydroxylation sites is 2. The van der Waals surface area contributed by atoms with Gasteiger partial charge in [-0.3, -0.25) is 4.98 Å². The molecule has 0 spiro atoms. The number of rotatable bonds is 5. The first-order valence-electron chi connectivity index (χ1n) is 17.8. The second-order valence-corrected chi connectivity index (χ2v) is 13.6. The number of fused-ring (bicyclic) bond motifs is 10. The highest BCUT2D eigenvalue weighted by molar-refractivity contribution is 6.17. The maximum absolute atomic E-state index is 6.40. The third-order valence-electron chi connectivity index (χ3n) is 10.6. The van der Waals surface area contributed by atoms with Crippen LogP contribution in [0.2, 0.25) is 0 Å². The quantitative estimate of drug-likeness (QED) is 0.182. The molecule has 0 aliphatic rings. The summed E-state index contributed by atoms with van der Waals surface area (Å²) in [4.78, 5) is 6.49. The number of nitrogens with zero attached hydrogens (tertiary/aromatic N) is 2. The molecule has 0 aliphatic carbocycles. The van der Waals surface area contributed by atoms with Crippen LogP contribution in [-0.2, 0) is 0 Å². The summed E-state index contributed by atoms with van der Waals surface area (Å²) in [6.45, 7) is 0. The first-order valence-corrected chi connectivity index (χ1v) is 17.8. The zero-order valence-electron chi connectivity index (χ0n) is 28.5. The minimum Gasteiger partial charge on any atom is -0.455 e. The van der Waals surface area contributed by atoms with Crippen LogP contribution >= 0.6 is 0 Å². The lowest BCUT2D eigenvalue weighted by atomic mass is 10.00. The number of hydrogen-bond donors (Lipinski definition) is 0. The summed E-state index contributed by atoms with van der Waals surface area (Å²) in [7, 11) is 0. The van der Waals surface area contributed by atoms with E-state index in [9.17, 15) is 0 Å². The molecule has 0 N–H and O–H groups in total. The van der Waals surface area contributed by atoms with Crippen LogP contribution in [0.3, 0.4) is 0 Å². The summed E-state index contributed by atoms with van der Waals surface area (Å²) in [5.41, 5.74) is 11.5. The van der Waals surface area contributed by atoms with E-state index in [-0.39, 0.29) is 0 Å². The minimum absolute atomic E-state index is 0.905. The molecule has 53 heavy (non-hydrogen) atoms. The normalized spacial score (nSPS) is 11.8. The smallest absolute Gasteiger partial charge is 0.143 e. The average Bonchev–Trinajstić information content (AvgIpc) is 3.81. The fourth-order valence-corrected chi connectivity index (χ4v) is 7.93. The van der Waals surface area contributed by atoms with Gasteiger partial charge in [0.15, 0.2) is 0 Å². The van der Waals surface area contributed by atoms with Crippen LogP contribution < -0.4 is 4.90 Å². The first-order chi connectivity index (χ1) is 26.2. The predicted octanol–water partition coefficient (Wildman–Crippen LogP) is 14.0. The fraction of sp³-hybridized carbons (Fsp3) is 0. The number of furan rings is 2. The molecule has 248 valence electrons. The molecule has 0 saturated carbocycles. The van der Waals surface area contributed by atoms with Crippen molar-refractivity contribution in [3.63, 3.8) is 0 Å². The first kappa shape index (κ1) is 29.5. The van der Waals surface area contributed by atoms with Gasteiger partial charge in [-0.2, -0.15) is 0 Å². The Balaban J connectivity index is 1.04. The van der Waals surface area contributed by atoms with Gasteiger partial charge >= 0.3 is 0 Å². The van der Waals surface area contributed by atoms with Gasteiger partial charge in [-0.05, 0) is 118 Å². The molecule has 4 heteroatoms. The highest BCUT2D eigenvalue weighted by atomic mass is 16.3. The Kier molecular flexibility index (Phi) is 6.52. The third-order valence-corrected chi connectivity index (χ3v) is 10.6. The molecule has 11 rings (SSSR count). The van der Waals surface area contributed by atoms with E-state index in [1.165, 1.54) is 11.1 Å². The third kappa shape index (κ3) is 4.80. The van der Waals surface area contributed by atoms with Gasteiger partial charge in [0.2, 0.25) is 0 Å². The van der Waals surface area contributed by atoms with E-state index in [2.05, 4.69) is 143 Å². The van der Waals surface area contributed by atoms with Crippen LogP contribution in [0.1, 0.15) is 0 Å². The molecule has 3 heterocycles. The standard InChI is InChI=1S/C49H30N2O2/c1-3-7-46-42(5-1)44-21-15-35-29-38(19-23-40(35)48(44)52-46)51(37-17-13-33(14-18-37)31-9-11-32(12-10-31)34-25-27-50-28-26-34)39-20-24-41-36(30-39)16-22-45-43-6-2-4-8-47(43)53-49(41)45/h1-30H. The van der Waals surface area contributed by atoms with Crippen LogP contribution in [0, 0.1) is 0 Å². The van der Waals surface area contributed by atoms with Gasteiger partial charge in [-0.1, -0.05) is 84.9 Å². The van der Waals surface area contributed by atoms with Crippen molar-refractivity contribution in [3.8, 4) is 22.3 Å². The van der Waals surface area contributed by atoms with Crippen molar-refractivity contribution in [2.24, 2.45) is 0 Å². The number of pyridine rings is 1. The average molecular weight is 679 g/mol. The van der Waals surface area contributed by atoms with E-state index >= 15 is 0 Å². The lowest BCUT2D eigenvalue weighted by Gasteiger charge is -2.26. The van der Waals surface area contributed by atoms with Gasteiger partial charge in [-0.25, -0.2) is 0 Å². The number of hydrogen-bond acceptors (Lipinski definition) is 4. The largest absolute Gasteiger partial charge is 0.455 e. The Morgan fingerprint density at radius 2 is 0.755 bits per heavy atom. The number of aromatic nitrogens is 1. The predicted molar refractivity (Wildman–Crippen MR) is 219 cm³/mol. The molecule has 0 saturated heterocycles. The summed E-state index contributed by atoms with van der Waals surface area (Å²) in [5.74, 6) is 0. The van der Waals surface area contributed by atoms with Gasteiger partial charge in [-0.15, -0.1) is 0 Å². The molecule has 0 fully saturated rings. The Hall–Kier alpha value is -7.17. The molecule has 3 aromatic heterocycles. The maximum Gasteiger partial charge on any atom is 0.143 e. The Morgan fingerprint density at radius 1 is 0.340 bits per heavy atom. The second kappa shape index (κ2) is 11.7. The summed E-state index contributed by atoms with van der Waals surface area (Å²) < 4.78 is 12.8. The van der Waals surface area contributed by atoms with E-state index in [0.29, 0.717) is 0 Å². The number of anilines is 3. The van der Waals surface area contributed by atoms with Gasteiger partial charge in [0.25, 0.3) is 0 Å². The lowest BCUT2D eigenvalue weighted by molar-refractivity contribution is 0.672. The molecule has 11 aromatic rings. The maximum atomic E-state index is 6.40. The summed E-state index contributed by atoms with van der Waals surface area (Å²) >= 11 is 0. The fourth-order valence-electron chi connectivity index (χ4n) is 7.93. The van der Waals surface area contributed by atoms with E-state index in [4.69, 9.17) is 8.83 Å². The molecule has 0 amide bonds. The van der Waals surface area contributed by atoms with Crippen LogP contribution in [0.25, 0.3) is 87.7 Å². The molecule has 0 radical (unpaired) electrons. The molecule has 4 nitrogen and oxygen atoms in total. The van der Waals surface area contributed by atoms with Crippen molar-refractivity contribution in [2.75, 3.05) is 4.90 Å². The molecule has 0 atom stereocenters. The van der Waals surface area contributed by atoms with Crippen LogP contribution in [-0.4, -0.2) is 4.98 Å². The van der Waals surface area contributed by atoms with Crippen LogP contribution in [0.4, 0.5) is 17.1 Å². The SMILES string of the molecule is c1ccc2c(c1)oc1c3ccc(N(c4ccc(-c5ccc(-c6ccncc6)cc5)cc4)c4ccc5c(ccc6c7ccccc7oc56)c4)cc3ccc21. The van der Waals surface area contributed by atoms with Gasteiger partial charge in [0.1, 0.15) is 22.3 Å². The lowest BCUT2D eigenvalue weighted by Crippen LogP contribution is -2.10. The zero-order valence-corrected chi connectivity index (χ0v) is 28.5. The van der Waals surface area contributed by atoms with E-state index in [0.717, 1.165) is 93.6 Å². The van der Waals surface area contributed by atoms with Gasteiger partial charge in [0, 0.05) is 61.8 Å². The monoisotopic (exact) mass is 678 g/mol. The van der Waals surface area contributed by atoms with Gasteiger partial charge < -0.3 is 13.7 Å². The molecular weight excluding hydrogens is 649 g/mol. The van der Waals surface area contributed by atoms with E-state index < -0.39 is 0 Å². The molecule has 0 unspecified atom stereocenters. The zero-order chi connectivity index (χ0) is 34.9. The van der Waals surface area contributed by atoms with Crippen molar-refractivity contribution in [2.45, 2.75) is 0 Å². The molecule has 0 bridgehead atoms. The summed E-state index contributed by atoms with van der Waals surface area (Å²) in [6.07, 6.45) is 3.66. The van der Waals surface area contributed by atoms with Crippen molar-refractivity contribution in [1.29, 1.82) is 0 Å². The Morgan fingerprint density at radius 3 is 1.26 bits per heavy atom. The summed E-state index contributed by atoms with van der Waals surface area (Å²) in [6, 6.07) is 60.2. The Labute approximate surface area is 304 Å². The summed E-state index contributed by atoms with van der Waals surface area (Å²) in [5, 5.41) is 8.97. The Bertz CT molecular complexity index is 3000. The molecule has 8 aromatic carbocycles.